The van der Waals surface area contributed by atoms with Gasteiger partial charge in [-0.1, -0.05) is 6.07 Å². The zero-order valence-corrected chi connectivity index (χ0v) is 11.4. The molecule has 0 saturated heterocycles. The Hall–Kier alpha value is -1.68. The minimum absolute atomic E-state index is 0.103. The maximum Gasteiger partial charge on any atom is 0.211 e. The Labute approximate surface area is 113 Å². The molecule has 4 heteroatoms. The molecule has 3 rings (SSSR count). The summed E-state index contributed by atoms with van der Waals surface area (Å²) in [7, 11) is 0. The Morgan fingerprint density at radius 2 is 2.32 bits per heavy atom. The lowest BCUT2D eigenvalue weighted by Crippen LogP contribution is -2.28. The molecule has 0 aromatic carbocycles. The lowest BCUT2D eigenvalue weighted by molar-refractivity contribution is 0.348. The molecule has 4 nitrogen and oxygen atoms in total. The molecule has 2 atom stereocenters. The van der Waals surface area contributed by atoms with E-state index in [-0.39, 0.29) is 6.04 Å². The van der Waals surface area contributed by atoms with Crippen LogP contribution < -0.4 is 5.32 Å². The summed E-state index contributed by atoms with van der Waals surface area (Å²) >= 11 is 0. The van der Waals surface area contributed by atoms with Gasteiger partial charge in [0.05, 0.1) is 24.0 Å². The predicted molar refractivity (Wildman–Crippen MR) is 72.7 cm³/mol. The van der Waals surface area contributed by atoms with Gasteiger partial charge < -0.3 is 4.42 Å². The van der Waals surface area contributed by atoms with Crippen molar-refractivity contribution in [1.29, 1.82) is 0 Å². The van der Waals surface area contributed by atoms with Crippen LogP contribution in [-0.4, -0.2) is 9.97 Å². The van der Waals surface area contributed by atoms with Gasteiger partial charge in [-0.25, -0.2) is 4.98 Å². The molecule has 0 saturated carbocycles. The summed E-state index contributed by atoms with van der Waals surface area (Å²) in [5.74, 6) is 1.60. The topological polar surface area (TPSA) is 51.0 Å². The van der Waals surface area contributed by atoms with E-state index in [1.807, 2.05) is 19.2 Å². The Bertz CT molecular complexity index is 564. The molecular formula is C15H19N3O. The highest BCUT2D eigenvalue weighted by Gasteiger charge is 2.24. The summed E-state index contributed by atoms with van der Waals surface area (Å²) in [6, 6.07) is 4.59. The van der Waals surface area contributed by atoms with E-state index in [0.717, 1.165) is 24.5 Å². The minimum atomic E-state index is 0.103. The van der Waals surface area contributed by atoms with Crippen LogP contribution in [0.4, 0.5) is 0 Å². The molecule has 1 aliphatic carbocycles. The van der Waals surface area contributed by atoms with Crippen LogP contribution in [0.2, 0.25) is 0 Å². The summed E-state index contributed by atoms with van der Waals surface area (Å²) < 4.78 is 5.58. The smallest absolute Gasteiger partial charge is 0.211 e. The fourth-order valence-electron chi connectivity index (χ4n) is 2.72. The molecule has 0 amide bonds. The predicted octanol–water partition coefficient (Wildman–Crippen LogP) is 3.11. The van der Waals surface area contributed by atoms with Crippen molar-refractivity contribution in [1.82, 2.24) is 15.3 Å². The Kier molecular flexibility index (Phi) is 3.34. The maximum absolute atomic E-state index is 5.58. The van der Waals surface area contributed by atoms with E-state index in [0.29, 0.717) is 6.04 Å². The molecule has 0 fully saturated rings. The third kappa shape index (κ3) is 2.54. The average molecular weight is 257 g/mol. The first kappa shape index (κ1) is 12.4. The molecule has 2 unspecified atom stereocenters. The van der Waals surface area contributed by atoms with Crippen LogP contribution in [0.15, 0.2) is 28.9 Å². The molecule has 0 radical (unpaired) electrons. The van der Waals surface area contributed by atoms with E-state index < -0.39 is 0 Å². The molecule has 1 N–H and O–H groups in total. The van der Waals surface area contributed by atoms with Gasteiger partial charge in [-0.2, -0.15) is 0 Å². The van der Waals surface area contributed by atoms with Gasteiger partial charge in [-0.15, -0.1) is 0 Å². The molecule has 100 valence electrons. The van der Waals surface area contributed by atoms with E-state index in [9.17, 15) is 0 Å². The van der Waals surface area contributed by atoms with Crippen molar-refractivity contribution >= 4 is 0 Å². The van der Waals surface area contributed by atoms with Crippen molar-refractivity contribution < 1.29 is 4.42 Å². The number of nitrogens with zero attached hydrogens (tertiary/aromatic N) is 2. The second-order valence-corrected chi connectivity index (χ2v) is 5.19. The molecule has 0 aliphatic heterocycles. The van der Waals surface area contributed by atoms with Gasteiger partial charge in [-0.05, 0) is 44.7 Å². The van der Waals surface area contributed by atoms with E-state index in [4.69, 9.17) is 4.42 Å². The average Bonchev–Trinajstić information content (AvgIpc) is 2.86. The second kappa shape index (κ2) is 5.13. The van der Waals surface area contributed by atoms with Crippen molar-refractivity contribution in [2.75, 3.05) is 0 Å². The van der Waals surface area contributed by atoms with Gasteiger partial charge in [0, 0.05) is 6.20 Å². The third-order valence-corrected chi connectivity index (χ3v) is 3.66. The van der Waals surface area contributed by atoms with Crippen molar-refractivity contribution in [3.63, 3.8) is 0 Å². The fraction of sp³-hybridized carbons (Fsp3) is 0.467. The summed E-state index contributed by atoms with van der Waals surface area (Å²) in [6.07, 6.45) is 7.09. The monoisotopic (exact) mass is 257 g/mol. The molecule has 19 heavy (non-hydrogen) atoms. The van der Waals surface area contributed by atoms with E-state index in [1.165, 1.54) is 17.7 Å². The number of aryl methyl sites for hydroxylation is 2. The number of aromatic nitrogens is 2. The number of hydrogen-bond donors (Lipinski definition) is 1. The normalized spacial score (nSPS) is 20.0. The highest BCUT2D eigenvalue weighted by Crippen LogP contribution is 2.29. The minimum Gasteiger partial charge on any atom is -0.444 e. The number of nitrogens with one attached hydrogen (secondary N) is 1. The molecular weight excluding hydrogens is 238 g/mol. The zero-order chi connectivity index (χ0) is 13.2. The van der Waals surface area contributed by atoms with Crippen LogP contribution in [0, 0.1) is 6.92 Å². The van der Waals surface area contributed by atoms with Crippen LogP contribution >= 0.6 is 0 Å². The molecule has 2 heterocycles. The number of pyridine rings is 1. The summed E-state index contributed by atoms with van der Waals surface area (Å²) in [5, 5.41) is 3.59. The second-order valence-electron chi connectivity index (χ2n) is 5.19. The zero-order valence-electron chi connectivity index (χ0n) is 11.4. The number of hydrogen-bond acceptors (Lipinski definition) is 4. The van der Waals surface area contributed by atoms with Gasteiger partial charge in [0.1, 0.15) is 5.76 Å². The fourth-order valence-corrected chi connectivity index (χ4v) is 2.72. The van der Waals surface area contributed by atoms with E-state index in [2.05, 4.69) is 28.3 Å². The Balaban J connectivity index is 1.77. The standard InChI is InChI=1S/C15H19N3O/c1-10-9-17-15(19-10)11(2)18-13-7-3-5-12-6-4-8-16-14(12)13/h4,6,8-9,11,13,18H,3,5,7H2,1-2H3. The van der Waals surface area contributed by atoms with Crippen LogP contribution in [0.3, 0.4) is 0 Å². The van der Waals surface area contributed by atoms with Crippen LogP contribution in [0.1, 0.15) is 54.8 Å². The van der Waals surface area contributed by atoms with Crippen molar-refractivity contribution in [3.8, 4) is 0 Å². The first-order valence-corrected chi connectivity index (χ1v) is 6.86. The molecule has 0 spiro atoms. The summed E-state index contributed by atoms with van der Waals surface area (Å²) in [6.45, 7) is 4.00. The Morgan fingerprint density at radius 3 is 3.11 bits per heavy atom. The number of fused-ring (bicyclic) bond motifs is 1. The van der Waals surface area contributed by atoms with Crippen LogP contribution in [0.5, 0.6) is 0 Å². The highest BCUT2D eigenvalue weighted by atomic mass is 16.4. The molecule has 1 aliphatic rings. The van der Waals surface area contributed by atoms with Gasteiger partial charge in [0.2, 0.25) is 5.89 Å². The third-order valence-electron chi connectivity index (χ3n) is 3.66. The summed E-state index contributed by atoms with van der Waals surface area (Å²) in [5.41, 5.74) is 2.55. The lowest BCUT2D eigenvalue weighted by atomic mass is 9.91. The van der Waals surface area contributed by atoms with Gasteiger partial charge in [0.15, 0.2) is 0 Å². The molecule has 2 aromatic rings. The van der Waals surface area contributed by atoms with Gasteiger partial charge >= 0.3 is 0 Å². The first-order valence-electron chi connectivity index (χ1n) is 6.86. The molecule has 0 bridgehead atoms. The summed E-state index contributed by atoms with van der Waals surface area (Å²) in [4.78, 5) is 8.83. The van der Waals surface area contributed by atoms with E-state index >= 15 is 0 Å². The SMILES string of the molecule is Cc1cnc(C(C)NC2CCCc3cccnc32)o1. The van der Waals surface area contributed by atoms with E-state index in [1.54, 1.807) is 6.20 Å². The molecule has 2 aromatic heterocycles. The largest absolute Gasteiger partial charge is 0.444 e. The van der Waals surface area contributed by atoms with Gasteiger partial charge in [-0.3, -0.25) is 10.3 Å². The van der Waals surface area contributed by atoms with Crippen molar-refractivity contribution in [2.45, 2.75) is 45.2 Å². The maximum atomic E-state index is 5.58. The number of oxazole rings is 1. The number of rotatable bonds is 3. The Morgan fingerprint density at radius 1 is 1.42 bits per heavy atom. The highest BCUT2D eigenvalue weighted by molar-refractivity contribution is 5.25. The van der Waals surface area contributed by atoms with Crippen LogP contribution in [0.25, 0.3) is 0 Å². The lowest BCUT2D eigenvalue weighted by Gasteiger charge is -2.27. The van der Waals surface area contributed by atoms with Crippen LogP contribution in [-0.2, 0) is 6.42 Å². The first-order chi connectivity index (χ1) is 9.24. The van der Waals surface area contributed by atoms with Crippen molar-refractivity contribution in [3.05, 3.63) is 47.4 Å². The van der Waals surface area contributed by atoms with Gasteiger partial charge in [0.25, 0.3) is 0 Å². The quantitative estimate of drug-likeness (QED) is 0.918. The van der Waals surface area contributed by atoms with Crippen molar-refractivity contribution in [2.24, 2.45) is 0 Å².